The lowest BCUT2D eigenvalue weighted by molar-refractivity contribution is -0.161. The molecule has 0 saturated carbocycles. The third kappa shape index (κ3) is 70.5. The predicted octanol–water partition coefficient (Wildman–Crippen LogP) is 23.0. The van der Waals surface area contributed by atoms with Crippen LogP contribution in [0.2, 0.25) is 0 Å². The van der Waals surface area contributed by atoms with Gasteiger partial charge in [0.2, 0.25) is 0 Å². The zero-order valence-electron chi connectivity index (χ0n) is 62.4. The van der Waals surface area contributed by atoms with Gasteiger partial charge >= 0.3 is 39.5 Å². The van der Waals surface area contributed by atoms with Gasteiger partial charge in [-0.15, -0.1) is 0 Å². The van der Waals surface area contributed by atoms with Gasteiger partial charge in [-0.3, -0.25) is 37.3 Å². The summed E-state index contributed by atoms with van der Waals surface area (Å²) in [6.45, 7) is 4.99. The molecule has 0 radical (unpaired) electrons. The van der Waals surface area contributed by atoms with Gasteiger partial charge in [0.05, 0.1) is 26.4 Å². The fourth-order valence-corrected chi connectivity index (χ4v) is 13.5. The van der Waals surface area contributed by atoms with E-state index in [1.807, 2.05) is 0 Å². The second kappa shape index (κ2) is 71.5. The van der Waals surface area contributed by atoms with Crippen LogP contribution >= 0.6 is 15.6 Å². The number of ether oxygens (including phenoxy) is 4. The molecule has 0 amide bonds. The number of esters is 4. The molecule has 570 valence electrons. The van der Waals surface area contributed by atoms with Crippen molar-refractivity contribution in [1.29, 1.82) is 0 Å². The van der Waals surface area contributed by atoms with E-state index in [2.05, 4.69) is 27.7 Å². The first-order valence-electron chi connectivity index (χ1n) is 40.3. The molecule has 17 nitrogen and oxygen atoms in total. The Morgan fingerprint density at radius 3 is 0.615 bits per heavy atom. The SMILES string of the molecule is CCCCCCCCCCCCCCCCCCCCCCC(=O)O[C@H](COC(=O)CCCCCCCCCCCCCCC)COP(=O)(O)OC[C@@H](O)COP(=O)(O)OC[C@@H](COC(=O)CCCCCCCCCCCC)OC(=O)CCCCCCCCCCCCCCC. The van der Waals surface area contributed by atoms with E-state index >= 15 is 0 Å². The van der Waals surface area contributed by atoms with Gasteiger partial charge in [-0.25, -0.2) is 9.13 Å². The van der Waals surface area contributed by atoms with Crippen LogP contribution in [0.4, 0.5) is 0 Å². The first-order valence-corrected chi connectivity index (χ1v) is 43.3. The molecule has 19 heteroatoms. The number of unbranched alkanes of at least 4 members (excludes halogenated alkanes) is 52. The minimum atomic E-state index is -4.96. The predicted molar refractivity (Wildman–Crippen MR) is 391 cm³/mol. The van der Waals surface area contributed by atoms with E-state index in [1.54, 1.807) is 0 Å². The number of aliphatic hydroxyl groups excluding tert-OH is 1. The number of carbonyl (C=O) groups excluding carboxylic acids is 4. The van der Waals surface area contributed by atoms with Crippen LogP contribution in [0.5, 0.6) is 0 Å². The lowest BCUT2D eigenvalue weighted by Crippen LogP contribution is -2.30. The van der Waals surface area contributed by atoms with E-state index in [9.17, 15) is 43.2 Å². The lowest BCUT2D eigenvalue weighted by atomic mass is 10.0. The highest BCUT2D eigenvalue weighted by molar-refractivity contribution is 7.47. The first-order chi connectivity index (χ1) is 46.7. The summed E-state index contributed by atoms with van der Waals surface area (Å²) in [5.74, 6) is -2.11. The molecule has 0 bridgehead atoms. The average Bonchev–Trinajstić information content (AvgIpc) is 2.20. The molecule has 0 heterocycles. The average molecular weight is 1410 g/mol. The Morgan fingerprint density at radius 1 is 0.250 bits per heavy atom. The molecule has 0 aliphatic rings. The number of carbonyl (C=O) groups is 4. The van der Waals surface area contributed by atoms with Crippen LogP contribution in [0.15, 0.2) is 0 Å². The molecule has 0 aromatic carbocycles. The number of phosphoric ester groups is 2. The maximum Gasteiger partial charge on any atom is 0.472 e. The summed E-state index contributed by atoms with van der Waals surface area (Å²) in [4.78, 5) is 72.8. The molecule has 0 aromatic rings. The topological polar surface area (TPSA) is 237 Å². The Morgan fingerprint density at radius 2 is 0.417 bits per heavy atom. The number of rotatable bonds is 78. The van der Waals surface area contributed by atoms with Crippen LogP contribution in [0.3, 0.4) is 0 Å². The van der Waals surface area contributed by atoms with Crippen molar-refractivity contribution in [3.05, 3.63) is 0 Å². The Labute approximate surface area is 588 Å². The van der Waals surface area contributed by atoms with Gasteiger partial charge in [-0.1, -0.05) is 362 Å². The summed E-state index contributed by atoms with van der Waals surface area (Å²) in [6.07, 6.45) is 62.3. The summed E-state index contributed by atoms with van der Waals surface area (Å²) >= 11 is 0. The highest BCUT2D eigenvalue weighted by Gasteiger charge is 2.30. The van der Waals surface area contributed by atoms with Gasteiger partial charge in [0.15, 0.2) is 12.2 Å². The second-order valence-corrected chi connectivity index (χ2v) is 30.7. The molecule has 5 atom stereocenters. The van der Waals surface area contributed by atoms with E-state index in [4.69, 9.17) is 37.0 Å². The van der Waals surface area contributed by atoms with Gasteiger partial charge in [0, 0.05) is 25.7 Å². The molecule has 0 fully saturated rings. The fourth-order valence-electron chi connectivity index (χ4n) is 11.9. The molecule has 0 aliphatic heterocycles. The van der Waals surface area contributed by atoms with E-state index in [-0.39, 0.29) is 25.7 Å². The first kappa shape index (κ1) is 94.1. The standard InChI is InChI=1S/C77H150O17P2/c1-5-9-13-17-21-25-29-32-33-34-35-36-37-38-41-44-48-52-56-60-64-77(82)94-73(68-88-75(80)62-58-54-50-46-42-39-30-26-22-18-14-10-6-2)70-92-96(85,86)90-66-71(78)65-89-95(83,84)91-69-72(67-87-74(79)61-57-53-49-45-28-24-20-16-12-8-4)93-76(81)63-59-55-51-47-43-40-31-27-23-19-15-11-7-3/h71-73,78H,5-70H2,1-4H3,(H,83,84)(H,85,86)/t71-,72+,73+/m0/s1. The minimum absolute atomic E-state index is 0.108. The monoisotopic (exact) mass is 1410 g/mol. The quantitative estimate of drug-likeness (QED) is 0.0222. The molecule has 3 N–H and O–H groups in total. The molecule has 0 aliphatic carbocycles. The van der Waals surface area contributed by atoms with Gasteiger partial charge in [0.25, 0.3) is 0 Å². The second-order valence-electron chi connectivity index (χ2n) is 27.7. The number of hydrogen-bond donors (Lipinski definition) is 3. The molecule has 0 spiro atoms. The molecular weight excluding hydrogens is 1260 g/mol. The molecule has 0 rings (SSSR count). The summed E-state index contributed by atoms with van der Waals surface area (Å²) in [6, 6.07) is 0. The highest BCUT2D eigenvalue weighted by Crippen LogP contribution is 2.45. The molecule has 96 heavy (non-hydrogen) atoms. The number of aliphatic hydroxyl groups is 1. The van der Waals surface area contributed by atoms with Gasteiger partial charge in [0.1, 0.15) is 19.3 Å². The normalized spacial score (nSPS) is 13.9. The van der Waals surface area contributed by atoms with E-state index in [0.29, 0.717) is 25.7 Å². The van der Waals surface area contributed by atoms with E-state index in [1.165, 1.54) is 244 Å². The van der Waals surface area contributed by atoms with Crippen molar-refractivity contribution in [2.45, 2.75) is 431 Å². The maximum absolute atomic E-state index is 13.1. The summed E-state index contributed by atoms with van der Waals surface area (Å²) in [5.41, 5.74) is 0. The Bertz CT molecular complexity index is 1830. The minimum Gasteiger partial charge on any atom is -0.462 e. The van der Waals surface area contributed by atoms with Crippen molar-refractivity contribution < 1.29 is 80.2 Å². The van der Waals surface area contributed by atoms with Crippen molar-refractivity contribution in [1.82, 2.24) is 0 Å². The Hall–Kier alpha value is -1.94. The fraction of sp³-hybridized carbons (Fsp3) is 0.948. The third-order valence-corrected chi connectivity index (χ3v) is 20.0. The smallest absolute Gasteiger partial charge is 0.462 e. The third-order valence-electron chi connectivity index (χ3n) is 18.1. The van der Waals surface area contributed by atoms with Crippen LogP contribution in [0.25, 0.3) is 0 Å². The van der Waals surface area contributed by atoms with Crippen LogP contribution in [0, 0.1) is 0 Å². The van der Waals surface area contributed by atoms with E-state index < -0.39 is 97.5 Å². The van der Waals surface area contributed by atoms with Gasteiger partial charge in [-0.2, -0.15) is 0 Å². The van der Waals surface area contributed by atoms with E-state index in [0.717, 1.165) is 89.9 Å². The zero-order chi connectivity index (χ0) is 70.4. The maximum atomic E-state index is 13.1. The van der Waals surface area contributed by atoms with Gasteiger partial charge in [-0.05, 0) is 25.7 Å². The van der Waals surface area contributed by atoms with Crippen molar-refractivity contribution in [2.75, 3.05) is 39.6 Å². The van der Waals surface area contributed by atoms with Crippen molar-refractivity contribution in [3.63, 3.8) is 0 Å². The van der Waals surface area contributed by atoms with Crippen LogP contribution in [-0.2, 0) is 65.4 Å². The number of phosphoric acid groups is 2. The molecular formula is C77H150O17P2. The largest absolute Gasteiger partial charge is 0.472 e. The Balaban J connectivity index is 5.21. The van der Waals surface area contributed by atoms with Crippen molar-refractivity contribution in [2.24, 2.45) is 0 Å². The van der Waals surface area contributed by atoms with Crippen molar-refractivity contribution in [3.8, 4) is 0 Å². The molecule has 2 unspecified atom stereocenters. The van der Waals surface area contributed by atoms with Crippen molar-refractivity contribution >= 4 is 39.5 Å². The van der Waals surface area contributed by atoms with Crippen LogP contribution in [-0.4, -0.2) is 96.7 Å². The summed E-state index contributed by atoms with van der Waals surface area (Å²) in [5, 5.41) is 10.6. The summed E-state index contributed by atoms with van der Waals surface area (Å²) < 4.78 is 68.5. The molecule has 0 saturated heterocycles. The van der Waals surface area contributed by atoms with Crippen LogP contribution < -0.4 is 0 Å². The van der Waals surface area contributed by atoms with Gasteiger partial charge < -0.3 is 33.8 Å². The Kier molecular flexibility index (Phi) is 70.0. The lowest BCUT2D eigenvalue weighted by Gasteiger charge is -2.21. The number of hydrogen-bond acceptors (Lipinski definition) is 15. The summed E-state index contributed by atoms with van der Waals surface area (Å²) in [7, 11) is -9.91. The zero-order valence-corrected chi connectivity index (χ0v) is 64.1. The van der Waals surface area contributed by atoms with Crippen LogP contribution in [0.1, 0.15) is 413 Å². The highest BCUT2D eigenvalue weighted by atomic mass is 31.2. The molecule has 0 aromatic heterocycles.